The predicted molar refractivity (Wildman–Crippen MR) is 86.3 cm³/mol. The smallest absolute Gasteiger partial charge is 0.223 e. The van der Waals surface area contributed by atoms with E-state index in [-0.39, 0.29) is 12.0 Å². The first-order valence-corrected chi connectivity index (χ1v) is 7.28. The van der Waals surface area contributed by atoms with Gasteiger partial charge >= 0.3 is 0 Å². The van der Waals surface area contributed by atoms with Crippen LogP contribution in [0.15, 0.2) is 59.6 Å². The molecule has 110 valence electrons. The van der Waals surface area contributed by atoms with Crippen molar-refractivity contribution in [3.8, 4) is 5.88 Å². The highest BCUT2D eigenvalue weighted by atomic mass is 16.5. The first kappa shape index (κ1) is 13.0. The highest BCUT2D eigenvalue weighted by molar-refractivity contribution is 6.10. The molecule has 2 aromatic carbocycles. The number of aromatic hydroxyl groups is 1. The molecule has 0 unspecified atom stereocenters. The average molecular weight is 292 g/mol. The molecule has 1 aliphatic rings. The number of aliphatic imine (C=N–C) groups is 1. The van der Waals surface area contributed by atoms with Gasteiger partial charge in [0, 0.05) is 12.4 Å². The minimum Gasteiger partial charge on any atom is -0.494 e. The summed E-state index contributed by atoms with van der Waals surface area (Å²) in [5.74, 6) is 0.705. The van der Waals surface area contributed by atoms with Crippen LogP contribution >= 0.6 is 0 Å². The highest BCUT2D eigenvalue weighted by Crippen LogP contribution is 2.34. The van der Waals surface area contributed by atoms with Crippen LogP contribution in [0.5, 0.6) is 5.88 Å². The van der Waals surface area contributed by atoms with E-state index in [2.05, 4.69) is 4.99 Å². The molecule has 1 aromatic heterocycles. The largest absolute Gasteiger partial charge is 0.494 e. The van der Waals surface area contributed by atoms with E-state index in [0.29, 0.717) is 18.0 Å². The Kier molecular flexibility index (Phi) is 2.89. The lowest BCUT2D eigenvalue weighted by Gasteiger charge is -2.11. The molecule has 0 spiro atoms. The summed E-state index contributed by atoms with van der Waals surface area (Å²) in [5, 5.41) is 11.4. The van der Waals surface area contributed by atoms with Gasteiger partial charge in [-0.25, -0.2) is 4.99 Å². The van der Waals surface area contributed by atoms with Crippen molar-refractivity contribution in [2.24, 2.45) is 12.0 Å². The third kappa shape index (κ3) is 1.88. The summed E-state index contributed by atoms with van der Waals surface area (Å²) in [6.07, 6.45) is -0.0884. The van der Waals surface area contributed by atoms with Crippen LogP contribution in [0, 0.1) is 0 Å². The van der Waals surface area contributed by atoms with E-state index in [0.717, 1.165) is 16.5 Å². The maximum absolute atomic E-state index is 10.4. The Morgan fingerprint density at radius 1 is 1.09 bits per heavy atom. The van der Waals surface area contributed by atoms with Crippen LogP contribution in [0.1, 0.15) is 17.2 Å². The summed E-state index contributed by atoms with van der Waals surface area (Å²) in [6, 6.07) is 17.9. The first-order chi connectivity index (χ1) is 10.8. The normalized spacial score (nSPS) is 17.5. The predicted octanol–water partition coefficient (Wildman–Crippen LogP) is 3.40. The molecule has 1 aliphatic heterocycles. The average Bonchev–Trinajstić information content (AvgIpc) is 3.13. The molecule has 4 heteroatoms. The van der Waals surface area contributed by atoms with Crippen molar-refractivity contribution in [2.45, 2.75) is 6.10 Å². The second-order valence-electron chi connectivity index (χ2n) is 5.44. The molecule has 1 atom stereocenters. The minimum absolute atomic E-state index is 0.0884. The van der Waals surface area contributed by atoms with Crippen molar-refractivity contribution >= 4 is 16.8 Å². The Bertz CT molecular complexity index is 865. The summed E-state index contributed by atoms with van der Waals surface area (Å²) in [4.78, 5) is 4.51. The van der Waals surface area contributed by atoms with Gasteiger partial charge in [0.2, 0.25) is 11.8 Å². The zero-order chi connectivity index (χ0) is 15.1. The number of ether oxygens (including phenoxy) is 1. The Morgan fingerprint density at radius 2 is 1.82 bits per heavy atom. The lowest BCUT2D eigenvalue weighted by Crippen LogP contribution is -2.06. The standard InChI is InChI=1S/C18H16N2O2/c1-20-14-10-6-5-9-13(14)16(18(20)21)17-19-11-15(22-17)12-7-3-2-4-8-12/h2-10,15,21H,11H2,1H3/t15-/m0/s1. The lowest BCUT2D eigenvalue weighted by atomic mass is 10.1. The van der Waals surface area contributed by atoms with E-state index in [9.17, 15) is 5.11 Å². The number of rotatable bonds is 2. The Balaban J connectivity index is 1.74. The molecule has 0 radical (unpaired) electrons. The number of hydrogen-bond donors (Lipinski definition) is 1. The molecule has 22 heavy (non-hydrogen) atoms. The summed E-state index contributed by atoms with van der Waals surface area (Å²) < 4.78 is 7.77. The van der Waals surface area contributed by atoms with E-state index in [1.807, 2.05) is 61.6 Å². The van der Waals surface area contributed by atoms with Gasteiger partial charge in [0.1, 0.15) is 11.7 Å². The van der Waals surface area contributed by atoms with Gasteiger partial charge in [0.25, 0.3) is 0 Å². The van der Waals surface area contributed by atoms with Crippen molar-refractivity contribution in [3.05, 3.63) is 65.7 Å². The van der Waals surface area contributed by atoms with Crippen molar-refractivity contribution in [2.75, 3.05) is 6.54 Å². The van der Waals surface area contributed by atoms with Crippen LogP contribution in [0.4, 0.5) is 0 Å². The SMILES string of the molecule is Cn1c(O)c(C2=NC[C@@H](c3ccccc3)O2)c2ccccc21. The highest BCUT2D eigenvalue weighted by Gasteiger charge is 2.28. The van der Waals surface area contributed by atoms with E-state index in [1.165, 1.54) is 0 Å². The van der Waals surface area contributed by atoms with Crippen molar-refractivity contribution in [1.82, 2.24) is 4.57 Å². The Labute approximate surface area is 128 Å². The van der Waals surface area contributed by atoms with Crippen molar-refractivity contribution in [3.63, 3.8) is 0 Å². The molecule has 1 N–H and O–H groups in total. The molecule has 0 amide bonds. The minimum atomic E-state index is -0.0884. The van der Waals surface area contributed by atoms with Crippen LogP contribution in [0.3, 0.4) is 0 Å². The van der Waals surface area contributed by atoms with Gasteiger partial charge in [-0.3, -0.25) is 0 Å². The van der Waals surface area contributed by atoms with Gasteiger partial charge in [-0.15, -0.1) is 0 Å². The lowest BCUT2D eigenvalue weighted by molar-refractivity contribution is 0.230. The van der Waals surface area contributed by atoms with Crippen molar-refractivity contribution < 1.29 is 9.84 Å². The molecular weight excluding hydrogens is 276 g/mol. The van der Waals surface area contributed by atoms with E-state index >= 15 is 0 Å². The van der Waals surface area contributed by atoms with Crippen LogP contribution in [0.2, 0.25) is 0 Å². The Hall–Kier alpha value is -2.75. The number of benzene rings is 2. The quantitative estimate of drug-likeness (QED) is 0.787. The fraction of sp³-hybridized carbons (Fsp3) is 0.167. The molecule has 4 rings (SSSR count). The van der Waals surface area contributed by atoms with Gasteiger partial charge in [0.15, 0.2) is 0 Å². The number of hydrogen-bond acceptors (Lipinski definition) is 3. The second kappa shape index (κ2) is 4.91. The third-order valence-corrected chi connectivity index (χ3v) is 4.12. The van der Waals surface area contributed by atoms with Gasteiger partial charge < -0.3 is 14.4 Å². The number of fused-ring (bicyclic) bond motifs is 1. The molecule has 0 bridgehead atoms. The van der Waals surface area contributed by atoms with Gasteiger partial charge in [0.05, 0.1) is 12.1 Å². The first-order valence-electron chi connectivity index (χ1n) is 7.28. The Morgan fingerprint density at radius 3 is 2.64 bits per heavy atom. The van der Waals surface area contributed by atoms with Gasteiger partial charge in [-0.1, -0.05) is 48.5 Å². The summed E-state index contributed by atoms with van der Waals surface area (Å²) in [7, 11) is 1.84. The zero-order valence-electron chi connectivity index (χ0n) is 12.2. The molecule has 2 heterocycles. The number of aromatic nitrogens is 1. The van der Waals surface area contributed by atoms with Crippen LogP contribution in [-0.4, -0.2) is 22.1 Å². The molecule has 3 aromatic rings. The summed E-state index contributed by atoms with van der Waals surface area (Å²) in [5.41, 5.74) is 2.74. The monoisotopic (exact) mass is 292 g/mol. The molecule has 0 saturated heterocycles. The third-order valence-electron chi connectivity index (χ3n) is 4.12. The summed E-state index contributed by atoms with van der Waals surface area (Å²) >= 11 is 0. The number of para-hydroxylation sites is 1. The maximum atomic E-state index is 10.4. The van der Waals surface area contributed by atoms with E-state index in [4.69, 9.17) is 4.74 Å². The topological polar surface area (TPSA) is 46.8 Å². The fourth-order valence-electron chi connectivity index (χ4n) is 2.94. The molecule has 0 aliphatic carbocycles. The zero-order valence-corrected chi connectivity index (χ0v) is 12.2. The van der Waals surface area contributed by atoms with Gasteiger partial charge in [-0.05, 0) is 11.6 Å². The van der Waals surface area contributed by atoms with Crippen LogP contribution < -0.4 is 0 Å². The van der Waals surface area contributed by atoms with Crippen molar-refractivity contribution in [1.29, 1.82) is 0 Å². The summed E-state index contributed by atoms with van der Waals surface area (Å²) in [6.45, 7) is 0.571. The van der Waals surface area contributed by atoms with E-state index in [1.54, 1.807) is 4.57 Å². The second-order valence-corrected chi connectivity index (χ2v) is 5.44. The molecule has 0 fully saturated rings. The fourth-order valence-corrected chi connectivity index (χ4v) is 2.94. The molecular formula is C18H16N2O2. The number of aryl methyl sites for hydroxylation is 1. The van der Waals surface area contributed by atoms with Crippen LogP contribution in [-0.2, 0) is 11.8 Å². The van der Waals surface area contributed by atoms with Crippen LogP contribution in [0.25, 0.3) is 10.9 Å². The number of nitrogens with zero attached hydrogens (tertiary/aromatic N) is 2. The molecule has 4 nitrogen and oxygen atoms in total. The van der Waals surface area contributed by atoms with Gasteiger partial charge in [-0.2, -0.15) is 0 Å². The molecule has 0 saturated carbocycles. The maximum Gasteiger partial charge on any atom is 0.223 e. The van der Waals surface area contributed by atoms with E-state index < -0.39 is 0 Å².